The van der Waals surface area contributed by atoms with E-state index in [0.717, 1.165) is 11.4 Å². The van der Waals surface area contributed by atoms with Crippen LogP contribution in [0.2, 0.25) is 0 Å². The lowest BCUT2D eigenvalue weighted by molar-refractivity contribution is 0.592. The monoisotopic (exact) mass is 525 g/mol. The zero-order valence-electron chi connectivity index (χ0n) is 23.6. The van der Waals surface area contributed by atoms with E-state index in [1.54, 1.807) is 0 Å². The van der Waals surface area contributed by atoms with E-state index in [9.17, 15) is 0 Å². The highest BCUT2D eigenvalue weighted by Crippen LogP contribution is 2.50. The molecule has 8 aromatic rings. The molecule has 1 heteroatoms. The summed E-state index contributed by atoms with van der Waals surface area (Å²) in [7, 11) is 0. The van der Waals surface area contributed by atoms with Crippen LogP contribution in [0.5, 0.6) is 0 Å². The van der Waals surface area contributed by atoms with Crippen molar-refractivity contribution in [3.8, 4) is 0 Å². The Kier molecular flexibility index (Phi) is 5.15. The average Bonchev–Trinajstić information content (AvgIpc) is 3.01. The molecule has 0 amide bonds. The fourth-order valence-electron chi connectivity index (χ4n) is 6.77. The third-order valence-corrected chi connectivity index (χ3v) is 8.70. The lowest BCUT2D eigenvalue weighted by Gasteiger charge is -2.29. The van der Waals surface area contributed by atoms with Crippen molar-refractivity contribution in [3.05, 3.63) is 139 Å². The van der Waals surface area contributed by atoms with Crippen LogP contribution in [0.4, 0.5) is 17.1 Å². The number of rotatable bonds is 3. The molecule has 0 N–H and O–H groups in total. The summed E-state index contributed by atoms with van der Waals surface area (Å²) in [6.45, 7) is 6.96. The molecule has 1 nitrogen and oxygen atoms in total. The molecule has 0 aliphatic rings. The predicted molar refractivity (Wildman–Crippen MR) is 179 cm³/mol. The molecule has 0 unspecified atom stereocenters. The van der Waals surface area contributed by atoms with Gasteiger partial charge in [-0.2, -0.15) is 0 Å². The van der Waals surface area contributed by atoms with Crippen molar-refractivity contribution in [2.75, 3.05) is 4.90 Å². The first kappa shape index (κ1) is 24.0. The summed E-state index contributed by atoms with van der Waals surface area (Å²) in [6, 6.07) is 49.1. The molecule has 0 aliphatic carbocycles. The van der Waals surface area contributed by atoms with Crippen LogP contribution in [-0.4, -0.2) is 0 Å². The van der Waals surface area contributed by atoms with E-state index < -0.39 is 0 Å². The Bertz CT molecular complexity index is 2160. The van der Waals surface area contributed by atoms with Gasteiger partial charge in [0, 0.05) is 22.1 Å². The first-order valence-corrected chi connectivity index (χ1v) is 14.5. The van der Waals surface area contributed by atoms with Gasteiger partial charge >= 0.3 is 0 Å². The molecule has 0 bridgehead atoms. The van der Waals surface area contributed by atoms with Crippen molar-refractivity contribution in [2.24, 2.45) is 0 Å². The van der Waals surface area contributed by atoms with Crippen LogP contribution in [-0.2, 0) is 5.41 Å². The molecular formula is C40H31N. The van der Waals surface area contributed by atoms with E-state index in [-0.39, 0.29) is 5.41 Å². The molecular weight excluding hydrogens is 494 g/mol. The first-order valence-electron chi connectivity index (χ1n) is 14.5. The van der Waals surface area contributed by atoms with Gasteiger partial charge in [-0.1, -0.05) is 112 Å². The Morgan fingerprint density at radius 3 is 1.37 bits per heavy atom. The fraction of sp³-hybridized carbons (Fsp3) is 0.100. The highest BCUT2D eigenvalue weighted by atomic mass is 15.1. The molecule has 0 spiro atoms. The van der Waals surface area contributed by atoms with Crippen molar-refractivity contribution in [2.45, 2.75) is 26.2 Å². The van der Waals surface area contributed by atoms with Crippen molar-refractivity contribution < 1.29 is 0 Å². The molecule has 0 fully saturated rings. The number of para-hydroxylation sites is 2. The molecule has 0 aliphatic heterocycles. The van der Waals surface area contributed by atoms with E-state index in [0.29, 0.717) is 0 Å². The van der Waals surface area contributed by atoms with Crippen molar-refractivity contribution in [3.63, 3.8) is 0 Å². The summed E-state index contributed by atoms with van der Waals surface area (Å²) < 4.78 is 0. The number of hydrogen-bond acceptors (Lipinski definition) is 1. The van der Waals surface area contributed by atoms with Crippen LogP contribution in [0, 0.1) is 0 Å². The van der Waals surface area contributed by atoms with Gasteiger partial charge in [0.1, 0.15) is 0 Å². The second kappa shape index (κ2) is 8.81. The average molecular weight is 526 g/mol. The minimum atomic E-state index is 0.0369. The fourth-order valence-corrected chi connectivity index (χ4v) is 6.77. The number of hydrogen-bond donors (Lipinski definition) is 0. The lowest BCUT2D eigenvalue weighted by Crippen LogP contribution is -2.12. The molecule has 0 saturated heterocycles. The predicted octanol–water partition coefficient (Wildman–Crippen LogP) is 11.7. The molecule has 8 rings (SSSR count). The van der Waals surface area contributed by atoms with Crippen LogP contribution < -0.4 is 4.90 Å². The van der Waals surface area contributed by atoms with Crippen LogP contribution in [0.3, 0.4) is 0 Å². The number of nitrogens with zero attached hydrogens (tertiary/aromatic N) is 1. The quantitative estimate of drug-likeness (QED) is 0.164. The largest absolute Gasteiger partial charge is 0.310 e. The molecule has 0 saturated carbocycles. The van der Waals surface area contributed by atoms with E-state index in [2.05, 4.69) is 159 Å². The van der Waals surface area contributed by atoms with Gasteiger partial charge in [0.05, 0.1) is 5.69 Å². The molecule has 41 heavy (non-hydrogen) atoms. The Morgan fingerprint density at radius 2 is 0.829 bits per heavy atom. The lowest BCUT2D eigenvalue weighted by atomic mass is 9.80. The van der Waals surface area contributed by atoms with Gasteiger partial charge in [0.25, 0.3) is 0 Å². The zero-order valence-corrected chi connectivity index (χ0v) is 23.6. The Morgan fingerprint density at radius 1 is 0.390 bits per heavy atom. The summed E-state index contributed by atoms with van der Waals surface area (Å²) >= 11 is 0. The van der Waals surface area contributed by atoms with E-state index in [4.69, 9.17) is 0 Å². The maximum absolute atomic E-state index is 2.46. The summed E-state index contributed by atoms with van der Waals surface area (Å²) in [5.41, 5.74) is 4.91. The Balaban J connectivity index is 1.65. The molecule has 0 aromatic heterocycles. The number of benzene rings is 8. The molecule has 0 atom stereocenters. The molecule has 0 heterocycles. The highest BCUT2D eigenvalue weighted by Gasteiger charge is 2.24. The highest BCUT2D eigenvalue weighted by molar-refractivity contribution is 6.41. The first-order chi connectivity index (χ1) is 20.0. The number of anilines is 3. The van der Waals surface area contributed by atoms with Crippen LogP contribution in [0.15, 0.2) is 133 Å². The van der Waals surface area contributed by atoms with Gasteiger partial charge in [-0.25, -0.2) is 0 Å². The summed E-state index contributed by atoms with van der Waals surface area (Å²) in [5, 5.41) is 13.2. The van der Waals surface area contributed by atoms with Crippen LogP contribution in [0.1, 0.15) is 26.3 Å². The van der Waals surface area contributed by atoms with Crippen LogP contribution >= 0.6 is 0 Å². The molecule has 8 aromatic carbocycles. The standard InChI is InChI=1S/C40H31N/c1-40(2,3)26-24-34-30-19-11-10-18-29(30)33-22-23-36(41(27-14-6-4-7-15-27)28-16-8-5-9-17-28)38-32-21-13-12-20-31(32)35(25-26)37(34)39(33)38/h4-25H,1-3H3. The summed E-state index contributed by atoms with van der Waals surface area (Å²) in [5.74, 6) is 0. The van der Waals surface area contributed by atoms with E-state index in [1.165, 1.54) is 65.1 Å². The van der Waals surface area contributed by atoms with Crippen molar-refractivity contribution >= 4 is 70.9 Å². The topological polar surface area (TPSA) is 3.24 Å². The third-order valence-electron chi connectivity index (χ3n) is 8.70. The zero-order chi connectivity index (χ0) is 27.7. The minimum Gasteiger partial charge on any atom is -0.310 e. The second-order valence-corrected chi connectivity index (χ2v) is 12.2. The smallest absolute Gasteiger partial charge is 0.0546 e. The molecule has 196 valence electrons. The second-order valence-electron chi connectivity index (χ2n) is 12.2. The number of fused-ring (bicyclic) bond motifs is 6. The van der Waals surface area contributed by atoms with Crippen molar-refractivity contribution in [1.29, 1.82) is 0 Å². The van der Waals surface area contributed by atoms with Gasteiger partial charge < -0.3 is 4.90 Å². The normalized spacial score (nSPS) is 12.3. The summed E-state index contributed by atoms with van der Waals surface area (Å²) in [6.07, 6.45) is 0. The van der Waals surface area contributed by atoms with Crippen molar-refractivity contribution in [1.82, 2.24) is 0 Å². The molecule has 0 radical (unpaired) electrons. The van der Waals surface area contributed by atoms with Gasteiger partial charge in [-0.05, 0) is 96.5 Å². The van der Waals surface area contributed by atoms with Crippen LogP contribution in [0.25, 0.3) is 53.9 Å². The van der Waals surface area contributed by atoms with Gasteiger partial charge in [0.15, 0.2) is 0 Å². The Labute approximate surface area is 240 Å². The maximum Gasteiger partial charge on any atom is 0.0546 e. The maximum atomic E-state index is 2.46. The van der Waals surface area contributed by atoms with E-state index >= 15 is 0 Å². The van der Waals surface area contributed by atoms with Gasteiger partial charge in [0.2, 0.25) is 0 Å². The van der Waals surface area contributed by atoms with Gasteiger partial charge in [-0.15, -0.1) is 0 Å². The third kappa shape index (κ3) is 3.55. The summed E-state index contributed by atoms with van der Waals surface area (Å²) in [4.78, 5) is 2.42. The van der Waals surface area contributed by atoms with Gasteiger partial charge in [-0.3, -0.25) is 0 Å². The Hall–Kier alpha value is -4.88. The van der Waals surface area contributed by atoms with E-state index in [1.807, 2.05) is 0 Å². The minimum absolute atomic E-state index is 0.0369. The SMILES string of the molecule is CC(C)(C)c1cc2c3ccccc3c3ccc(N(c4ccccc4)c4ccccc4)c4c5ccccc5c(c1)c2c34.